The minimum Gasteiger partial charge on any atom is -0.326 e. The van der Waals surface area contributed by atoms with Crippen molar-refractivity contribution < 1.29 is 0 Å². The minimum atomic E-state index is 0.0723. The van der Waals surface area contributed by atoms with Crippen molar-refractivity contribution in [3.8, 4) is 0 Å². The third kappa shape index (κ3) is 3.78. The van der Waals surface area contributed by atoms with E-state index >= 15 is 0 Å². The van der Waals surface area contributed by atoms with Gasteiger partial charge < -0.3 is 5.73 Å². The fraction of sp³-hybridized carbons (Fsp3) is 0.286. The molecule has 2 aromatic heterocycles. The van der Waals surface area contributed by atoms with Gasteiger partial charge in [0.05, 0.1) is 5.25 Å². The van der Waals surface area contributed by atoms with E-state index in [9.17, 15) is 0 Å². The second-order valence-corrected chi connectivity index (χ2v) is 6.17. The molecule has 5 heteroatoms. The Bertz CT molecular complexity index is 521. The molecule has 2 rings (SSSR count). The molecule has 100 valence electrons. The number of aromatic nitrogens is 2. The molecule has 3 nitrogen and oxygen atoms in total. The highest BCUT2D eigenvalue weighted by atomic mass is 79.9. The van der Waals surface area contributed by atoms with Crippen LogP contribution in [0.5, 0.6) is 0 Å². The lowest BCUT2D eigenvalue weighted by Crippen LogP contribution is -2.25. The molecule has 2 aromatic rings. The predicted octanol–water partition coefficient (Wildman–Crippen LogP) is 3.81. The zero-order chi connectivity index (χ0) is 13.7. The molecule has 0 aliphatic carbocycles. The quantitative estimate of drug-likeness (QED) is 0.843. The molecule has 2 atom stereocenters. The van der Waals surface area contributed by atoms with Crippen molar-refractivity contribution >= 4 is 27.7 Å². The van der Waals surface area contributed by atoms with E-state index in [4.69, 9.17) is 5.73 Å². The Hall–Kier alpha value is -0.910. The Morgan fingerprint density at radius 1 is 1.32 bits per heavy atom. The van der Waals surface area contributed by atoms with Crippen molar-refractivity contribution in [1.29, 1.82) is 0 Å². The van der Waals surface area contributed by atoms with Gasteiger partial charge in [0.2, 0.25) is 0 Å². The molecule has 19 heavy (non-hydrogen) atoms. The molecular weight excluding hydrogens is 322 g/mol. The largest absolute Gasteiger partial charge is 0.326 e. The summed E-state index contributed by atoms with van der Waals surface area (Å²) in [6.07, 6.45) is 6.37. The van der Waals surface area contributed by atoms with Crippen molar-refractivity contribution in [2.24, 2.45) is 5.73 Å². The van der Waals surface area contributed by atoms with Gasteiger partial charge >= 0.3 is 0 Å². The van der Waals surface area contributed by atoms with E-state index in [0.717, 1.165) is 21.5 Å². The van der Waals surface area contributed by atoms with Crippen LogP contribution in [0.3, 0.4) is 0 Å². The van der Waals surface area contributed by atoms with Crippen LogP contribution in [0.15, 0.2) is 52.4 Å². The van der Waals surface area contributed by atoms with Crippen LogP contribution in [0.4, 0.5) is 0 Å². The highest BCUT2D eigenvalue weighted by Gasteiger charge is 2.21. The zero-order valence-corrected chi connectivity index (χ0v) is 13.1. The molecule has 0 aliphatic heterocycles. The van der Waals surface area contributed by atoms with Crippen LogP contribution in [0.2, 0.25) is 0 Å². The maximum absolute atomic E-state index is 6.26. The van der Waals surface area contributed by atoms with Gasteiger partial charge in [0.25, 0.3) is 0 Å². The molecule has 0 fully saturated rings. The van der Waals surface area contributed by atoms with Gasteiger partial charge in [-0.1, -0.05) is 24.8 Å². The summed E-state index contributed by atoms with van der Waals surface area (Å²) >= 11 is 5.21. The van der Waals surface area contributed by atoms with Gasteiger partial charge in [0.15, 0.2) is 0 Å². The van der Waals surface area contributed by atoms with Gasteiger partial charge in [0.1, 0.15) is 5.03 Å². The summed E-state index contributed by atoms with van der Waals surface area (Å²) < 4.78 is 0.997. The van der Waals surface area contributed by atoms with Crippen molar-refractivity contribution in [2.75, 3.05) is 0 Å². The van der Waals surface area contributed by atoms with Gasteiger partial charge in [-0.3, -0.25) is 4.98 Å². The SMILES string of the molecule is CCC(N)C(Sc1ncccc1Br)c1cccnc1. The average Bonchev–Trinajstić information content (AvgIpc) is 2.46. The lowest BCUT2D eigenvalue weighted by atomic mass is 10.1. The Morgan fingerprint density at radius 2 is 2.11 bits per heavy atom. The molecule has 0 saturated heterocycles. The van der Waals surface area contributed by atoms with Crippen LogP contribution in [-0.4, -0.2) is 16.0 Å². The van der Waals surface area contributed by atoms with Crippen molar-refractivity contribution in [1.82, 2.24) is 9.97 Å². The Labute approximate surface area is 126 Å². The first-order valence-electron chi connectivity index (χ1n) is 6.15. The van der Waals surface area contributed by atoms with Crippen LogP contribution in [0.25, 0.3) is 0 Å². The zero-order valence-electron chi connectivity index (χ0n) is 10.7. The summed E-state index contributed by atoms with van der Waals surface area (Å²) in [6.45, 7) is 2.10. The number of nitrogens with zero attached hydrogens (tertiary/aromatic N) is 2. The predicted molar refractivity (Wildman–Crippen MR) is 83.0 cm³/mol. The van der Waals surface area contributed by atoms with Crippen LogP contribution >= 0.6 is 27.7 Å². The summed E-state index contributed by atoms with van der Waals surface area (Å²) in [4.78, 5) is 8.59. The third-order valence-electron chi connectivity index (χ3n) is 2.84. The van der Waals surface area contributed by atoms with E-state index in [2.05, 4.69) is 38.9 Å². The topological polar surface area (TPSA) is 51.8 Å². The highest BCUT2D eigenvalue weighted by molar-refractivity contribution is 9.10. The van der Waals surface area contributed by atoms with Gasteiger partial charge in [-0.25, -0.2) is 4.98 Å². The Morgan fingerprint density at radius 3 is 2.74 bits per heavy atom. The summed E-state index contributed by atoms with van der Waals surface area (Å²) in [6, 6.07) is 7.98. The van der Waals surface area contributed by atoms with Crippen molar-refractivity contribution in [2.45, 2.75) is 29.7 Å². The van der Waals surface area contributed by atoms with E-state index in [0.29, 0.717) is 0 Å². The first kappa shape index (κ1) is 14.5. The van der Waals surface area contributed by atoms with Crippen LogP contribution in [0, 0.1) is 0 Å². The molecule has 0 saturated carbocycles. The molecule has 0 bridgehead atoms. The maximum atomic E-state index is 6.26. The molecule has 0 aliphatic rings. The monoisotopic (exact) mass is 337 g/mol. The standard InChI is InChI=1S/C14H16BrN3S/c1-2-12(16)13(10-5-3-7-17-9-10)19-14-11(15)6-4-8-18-14/h3-9,12-13H,2,16H2,1H3. The van der Waals surface area contributed by atoms with Gasteiger partial charge in [-0.15, -0.1) is 0 Å². The van der Waals surface area contributed by atoms with Gasteiger partial charge in [0, 0.05) is 29.1 Å². The minimum absolute atomic E-state index is 0.0723. The van der Waals surface area contributed by atoms with E-state index in [1.807, 2.05) is 24.4 Å². The number of hydrogen-bond donors (Lipinski definition) is 1. The van der Waals surface area contributed by atoms with Crippen molar-refractivity contribution in [3.05, 3.63) is 52.9 Å². The molecule has 2 heterocycles. The van der Waals surface area contributed by atoms with Crippen LogP contribution < -0.4 is 5.73 Å². The molecule has 0 aromatic carbocycles. The van der Waals surface area contributed by atoms with E-state index in [1.165, 1.54) is 0 Å². The number of thioether (sulfide) groups is 1. The summed E-state index contributed by atoms with van der Waals surface area (Å²) in [5.41, 5.74) is 7.39. The first-order valence-corrected chi connectivity index (χ1v) is 7.82. The number of halogens is 1. The molecule has 0 amide bonds. The fourth-order valence-electron chi connectivity index (χ4n) is 1.74. The van der Waals surface area contributed by atoms with Gasteiger partial charge in [-0.05, 0) is 46.1 Å². The summed E-state index contributed by atoms with van der Waals surface area (Å²) in [5, 5.41) is 1.12. The summed E-state index contributed by atoms with van der Waals surface area (Å²) in [7, 11) is 0. The molecule has 2 N–H and O–H groups in total. The summed E-state index contributed by atoms with van der Waals surface area (Å²) in [5.74, 6) is 0. The maximum Gasteiger partial charge on any atom is 0.111 e. The normalized spacial score (nSPS) is 14.1. The van der Waals surface area contributed by atoms with Crippen LogP contribution in [-0.2, 0) is 0 Å². The molecule has 0 radical (unpaired) electrons. The number of rotatable bonds is 5. The molecule has 0 spiro atoms. The highest BCUT2D eigenvalue weighted by Crippen LogP contribution is 2.39. The Kier molecular flexibility index (Phi) is 5.36. The Balaban J connectivity index is 2.27. The second kappa shape index (κ2) is 7.03. The van der Waals surface area contributed by atoms with Crippen molar-refractivity contribution in [3.63, 3.8) is 0 Å². The smallest absolute Gasteiger partial charge is 0.111 e. The van der Waals surface area contributed by atoms with E-state index < -0.39 is 0 Å². The third-order valence-corrected chi connectivity index (χ3v) is 5.16. The number of nitrogens with two attached hydrogens (primary N) is 1. The van der Waals surface area contributed by atoms with E-state index in [-0.39, 0.29) is 11.3 Å². The molecular formula is C14H16BrN3S. The number of hydrogen-bond acceptors (Lipinski definition) is 4. The first-order chi connectivity index (χ1) is 9.22. The fourth-order valence-corrected chi connectivity index (χ4v) is 3.46. The number of pyridine rings is 2. The van der Waals surface area contributed by atoms with E-state index in [1.54, 1.807) is 24.2 Å². The lowest BCUT2D eigenvalue weighted by molar-refractivity contribution is 0.632. The second-order valence-electron chi connectivity index (χ2n) is 4.19. The van der Waals surface area contributed by atoms with Crippen LogP contribution in [0.1, 0.15) is 24.2 Å². The molecule has 2 unspecified atom stereocenters. The lowest BCUT2D eigenvalue weighted by Gasteiger charge is -2.22. The van der Waals surface area contributed by atoms with Gasteiger partial charge in [-0.2, -0.15) is 0 Å². The average molecular weight is 338 g/mol.